The minimum absolute atomic E-state index is 0.00579. The average Bonchev–Trinajstić information content (AvgIpc) is 2.25. The Morgan fingerprint density at radius 3 is 2.47 bits per heavy atom. The zero-order chi connectivity index (χ0) is 14.4. The van der Waals surface area contributed by atoms with Gasteiger partial charge in [0.15, 0.2) is 11.6 Å². The number of halogens is 2. The highest BCUT2D eigenvalue weighted by atomic mass is 32.2. The molecule has 0 radical (unpaired) electrons. The van der Waals surface area contributed by atoms with E-state index in [1.54, 1.807) is 13.0 Å². The van der Waals surface area contributed by atoms with Crippen LogP contribution in [-0.2, 0) is 0 Å². The third-order valence-electron chi connectivity index (χ3n) is 2.58. The maximum atomic E-state index is 14.4. The molecule has 0 atom stereocenters. The molecule has 0 fully saturated rings. The molecule has 19 heavy (non-hydrogen) atoms. The van der Waals surface area contributed by atoms with Crippen molar-refractivity contribution >= 4 is 17.3 Å². The van der Waals surface area contributed by atoms with Gasteiger partial charge in [0.1, 0.15) is 11.6 Å². The lowest BCUT2D eigenvalue weighted by Gasteiger charge is -2.23. The van der Waals surface area contributed by atoms with Crippen LogP contribution in [0.2, 0.25) is 0 Å². The highest BCUT2D eigenvalue weighted by Gasteiger charge is 2.27. The first kappa shape index (κ1) is 14.1. The lowest BCUT2D eigenvalue weighted by Crippen LogP contribution is -2.11. The first-order valence-corrected chi connectivity index (χ1v) is 6.77. The number of ether oxygens (including phenoxy) is 1. The third kappa shape index (κ3) is 2.84. The lowest BCUT2D eigenvalue weighted by atomic mass is 10.0. The van der Waals surface area contributed by atoms with Crippen LogP contribution in [0.3, 0.4) is 0 Å². The third-order valence-corrected chi connectivity index (χ3v) is 3.77. The highest BCUT2D eigenvalue weighted by molar-refractivity contribution is 8.00. The fraction of sp³-hybridized carbons (Fsp3) is 0.333. The smallest absolute Gasteiger partial charge is 0.182 e. The fourth-order valence-corrected chi connectivity index (χ4v) is 2.81. The van der Waals surface area contributed by atoms with Gasteiger partial charge in [-0.2, -0.15) is 0 Å². The number of benzene rings is 1. The number of rotatable bonds is 1. The van der Waals surface area contributed by atoms with Crippen molar-refractivity contribution in [3.05, 3.63) is 41.7 Å². The van der Waals surface area contributed by atoms with Gasteiger partial charge in [-0.3, -0.25) is 0 Å². The van der Waals surface area contributed by atoms with Gasteiger partial charge in [-0.05, 0) is 24.6 Å². The molecule has 1 heterocycles. The summed E-state index contributed by atoms with van der Waals surface area (Å²) in [5.41, 5.74) is 1.19. The van der Waals surface area contributed by atoms with E-state index in [1.807, 2.05) is 20.8 Å². The second kappa shape index (κ2) is 4.67. The molecule has 0 N–H and O–H groups in total. The van der Waals surface area contributed by atoms with Crippen LogP contribution in [0.4, 0.5) is 8.78 Å². The van der Waals surface area contributed by atoms with Gasteiger partial charge in [0.2, 0.25) is 0 Å². The predicted octanol–water partition coefficient (Wildman–Crippen LogP) is 5.16. The standard InChI is InChI=1S/C15H16F2OS/c1-8-6-9(2)18-13-10(8)7-11(16)14(12(13)17)19-15(3,4)5/h6-7H,2H2,1,3-5H3. The second-order valence-corrected chi connectivity index (χ2v) is 7.33. The van der Waals surface area contributed by atoms with Gasteiger partial charge in [-0.15, -0.1) is 11.8 Å². The molecule has 0 saturated carbocycles. The Morgan fingerprint density at radius 1 is 1.26 bits per heavy atom. The van der Waals surface area contributed by atoms with Crippen molar-refractivity contribution in [3.8, 4) is 5.75 Å². The molecule has 0 bridgehead atoms. The Labute approximate surface area is 116 Å². The largest absolute Gasteiger partial charge is 0.454 e. The van der Waals surface area contributed by atoms with E-state index in [0.29, 0.717) is 11.3 Å². The summed E-state index contributed by atoms with van der Waals surface area (Å²) < 4.78 is 33.5. The van der Waals surface area contributed by atoms with E-state index >= 15 is 0 Å². The molecule has 0 spiro atoms. The molecule has 0 saturated heterocycles. The van der Waals surface area contributed by atoms with Crippen LogP contribution in [0.25, 0.3) is 5.57 Å². The number of fused-ring (bicyclic) bond motifs is 1. The first-order valence-electron chi connectivity index (χ1n) is 5.95. The summed E-state index contributed by atoms with van der Waals surface area (Å²) >= 11 is 1.15. The Balaban J connectivity index is 2.59. The van der Waals surface area contributed by atoms with Crippen molar-refractivity contribution < 1.29 is 13.5 Å². The number of allylic oxidation sites excluding steroid dienone is 2. The van der Waals surface area contributed by atoms with Crippen molar-refractivity contribution in [2.24, 2.45) is 0 Å². The molecule has 2 rings (SSSR count). The van der Waals surface area contributed by atoms with Crippen LogP contribution in [0, 0.1) is 11.6 Å². The van der Waals surface area contributed by atoms with E-state index in [9.17, 15) is 8.78 Å². The van der Waals surface area contributed by atoms with Crippen LogP contribution in [-0.4, -0.2) is 4.75 Å². The van der Waals surface area contributed by atoms with Gasteiger partial charge < -0.3 is 4.74 Å². The Morgan fingerprint density at radius 2 is 1.89 bits per heavy atom. The normalized spacial score (nSPS) is 14.8. The quantitative estimate of drug-likeness (QED) is 0.658. The fourth-order valence-electron chi connectivity index (χ4n) is 1.86. The van der Waals surface area contributed by atoms with Crippen molar-refractivity contribution in [3.63, 3.8) is 0 Å². The Hall–Kier alpha value is -1.29. The maximum Gasteiger partial charge on any atom is 0.182 e. The summed E-state index contributed by atoms with van der Waals surface area (Å²) in [6, 6.07) is 1.32. The zero-order valence-corrected chi connectivity index (χ0v) is 12.3. The topological polar surface area (TPSA) is 9.23 Å². The molecule has 1 aromatic rings. The molecule has 1 nitrogen and oxygen atoms in total. The number of hydrogen-bond donors (Lipinski definition) is 0. The molecule has 0 aliphatic carbocycles. The number of hydrogen-bond acceptors (Lipinski definition) is 2. The SMILES string of the molecule is C=C1C=C(C)c2cc(F)c(SC(C)(C)C)c(F)c2O1. The van der Waals surface area contributed by atoms with Crippen molar-refractivity contribution in [2.45, 2.75) is 37.3 Å². The molecular weight excluding hydrogens is 266 g/mol. The van der Waals surface area contributed by atoms with Gasteiger partial charge in [0.05, 0.1) is 4.90 Å². The van der Waals surface area contributed by atoms with Crippen molar-refractivity contribution in [1.82, 2.24) is 0 Å². The highest BCUT2D eigenvalue weighted by Crippen LogP contribution is 2.43. The van der Waals surface area contributed by atoms with E-state index in [-0.39, 0.29) is 15.4 Å². The minimum atomic E-state index is -0.650. The van der Waals surface area contributed by atoms with E-state index in [2.05, 4.69) is 6.58 Å². The molecule has 0 unspecified atom stereocenters. The van der Waals surface area contributed by atoms with E-state index in [4.69, 9.17) is 4.74 Å². The first-order chi connectivity index (χ1) is 8.69. The molecule has 1 aromatic carbocycles. The van der Waals surface area contributed by atoms with E-state index in [1.165, 1.54) is 6.07 Å². The van der Waals surface area contributed by atoms with Crippen LogP contribution in [0.1, 0.15) is 33.3 Å². The van der Waals surface area contributed by atoms with Gasteiger partial charge in [-0.1, -0.05) is 27.4 Å². The molecule has 1 aliphatic heterocycles. The predicted molar refractivity (Wildman–Crippen MR) is 75.4 cm³/mol. The van der Waals surface area contributed by atoms with Gasteiger partial charge in [0.25, 0.3) is 0 Å². The summed E-state index contributed by atoms with van der Waals surface area (Å²) in [6.45, 7) is 11.2. The number of thioether (sulfide) groups is 1. The lowest BCUT2D eigenvalue weighted by molar-refractivity contribution is 0.395. The zero-order valence-electron chi connectivity index (χ0n) is 11.4. The molecule has 0 aromatic heterocycles. The summed E-state index contributed by atoms with van der Waals surface area (Å²) in [5, 5.41) is 0. The van der Waals surface area contributed by atoms with Crippen LogP contribution in [0.15, 0.2) is 29.4 Å². The monoisotopic (exact) mass is 282 g/mol. The van der Waals surface area contributed by atoms with Gasteiger partial charge in [-0.25, -0.2) is 8.78 Å². The molecule has 102 valence electrons. The Bertz CT molecular complexity index is 583. The second-order valence-electron chi connectivity index (χ2n) is 5.49. The van der Waals surface area contributed by atoms with Crippen molar-refractivity contribution in [1.29, 1.82) is 0 Å². The van der Waals surface area contributed by atoms with Crippen molar-refractivity contribution in [2.75, 3.05) is 0 Å². The summed E-state index contributed by atoms with van der Waals surface area (Å²) in [6.07, 6.45) is 1.66. The van der Waals surface area contributed by atoms with Gasteiger partial charge in [0, 0.05) is 10.3 Å². The van der Waals surface area contributed by atoms with Crippen LogP contribution >= 0.6 is 11.8 Å². The Kier molecular flexibility index (Phi) is 3.47. The molecule has 0 amide bonds. The summed E-state index contributed by atoms with van der Waals surface area (Å²) in [5.74, 6) is -0.774. The summed E-state index contributed by atoms with van der Waals surface area (Å²) in [7, 11) is 0. The average molecular weight is 282 g/mol. The maximum absolute atomic E-state index is 14.4. The summed E-state index contributed by atoms with van der Waals surface area (Å²) in [4.78, 5) is -0.00579. The molecule has 1 aliphatic rings. The molecular formula is C15H16F2OS. The molecule has 4 heteroatoms. The van der Waals surface area contributed by atoms with E-state index in [0.717, 1.165) is 17.3 Å². The minimum Gasteiger partial charge on any atom is -0.454 e. The van der Waals surface area contributed by atoms with Gasteiger partial charge >= 0.3 is 0 Å². The van der Waals surface area contributed by atoms with E-state index < -0.39 is 11.6 Å². The van der Waals surface area contributed by atoms with Crippen LogP contribution < -0.4 is 4.74 Å². The van der Waals surface area contributed by atoms with Crippen LogP contribution in [0.5, 0.6) is 5.75 Å².